The first-order valence-electron chi connectivity index (χ1n) is 13.3. The summed E-state index contributed by atoms with van der Waals surface area (Å²) in [5.41, 5.74) is 4.22. The number of aliphatic carboxylic acids is 1. The fraction of sp³-hybridized carbons (Fsp3) is 0.323. The molecule has 0 saturated heterocycles. The molecule has 7 nitrogen and oxygen atoms in total. The number of aromatic nitrogens is 2. The molecule has 2 aliphatic rings. The van der Waals surface area contributed by atoms with Gasteiger partial charge in [0.15, 0.2) is 0 Å². The van der Waals surface area contributed by atoms with Crippen molar-refractivity contribution in [1.29, 1.82) is 0 Å². The Morgan fingerprint density at radius 3 is 2.44 bits per heavy atom. The van der Waals surface area contributed by atoms with Crippen molar-refractivity contribution in [3.63, 3.8) is 0 Å². The molecule has 10 heteroatoms. The summed E-state index contributed by atoms with van der Waals surface area (Å²) >= 11 is 0. The molecule has 212 valence electrons. The highest BCUT2D eigenvalue weighted by Crippen LogP contribution is 2.48. The van der Waals surface area contributed by atoms with E-state index in [9.17, 15) is 18.0 Å². The minimum Gasteiger partial charge on any atom is -0.492 e. The summed E-state index contributed by atoms with van der Waals surface area (Å²) < 4.78 is 60.2. The largest absolute Gasteiger partial charge is 0.492 e. The number of carboxylic acid groups (broad SMARTS) is 1. The Balaban J connectivity index is 1.37. The maximum absolute atomic E-state index is 14.4. The number of nitrogens with zero attached hydrogens (tertiary/aromatic N) is 2. The van der Waals surface area contributed by atoms with Gasteiger partial charge in [-0.25, -0.2) is 0 Å². The summed E-state index contributed by atoms with van der Waals surface area (Å²) in [6.07, 6.45) is -4.08. The van der Waals surface area contributed by atoms with Gasteiger partial charge in [-0.15, -0.1) is 0 Å². The molecule has 2 atom stereocenters. The third kappa shape index (κ3) is 4.92. The first-order valence-corrected chi connectivity index (χ1v) is 13.3. The van der Waals surface area contributed by atoms with E-state index in [-0.39, 0.29) is 24.5 Å². The summed E-state index contributed by atoms with van der Waals surface area (Å²) in [5.74, 6) is 0.758. The molecule has 4 aromatic rings. The average Bonchev–Trinajstić information content (AvgIpc) is 3.62. The van der Waals surface area contributed by atoms with Crippen LogP contribution >= 0.6 is 0 Å². The van der Waals surface area contributed by atoms with Gasteiger partial charge < -0.3 is 19.1 Å². The molecule has 1 N–H and O–H groups in total. The van der Waals surface area contributed by atoms with E-state index in [1.165, 1.54) is 6.07 Å². The van der Waals surface area contributed by atoms with Gasteiger partial charge in [0.1, 0.15) is 17.6 Å². The van der Waals surface area contributed by atoms with Crippen LogP contribution in [0.3, 0.4) is 0 Å². The molecular formula is C31H27F3N2O5. The van der Waals surface area contributed by atoms with Gasteiger partial charge >= 0.3 is 12.1 Å². The number of aryl methyl sites for hydroxylation is 3. The van der Waals surface area contributed by atoms with E-state index in [0.29, 0.717) is 63.9 Å². The van der Waals surface area contributed by atoms with Gasteiger partial charge in [0.2, 0.25) is 11.7 Å². The molecule has 0 saturated carbocycles. The van der Waals surface area contributed by atoms with Gasteiger partial charge in [-0.1, -0.05) is 17.3 Å². The van der Waals surface area contributed by atoms with E-state index in [1.807, 2.05) is 0 Å². The molecular weight excluding hydrogens is 537 g/mol. The molecule has 3 aromatic carbocycles. The van der Waals surface area contributed by atoms with Crippen LogP contribution in [0.4, 0.5) is 13.2 Å². The fourth-order valence-electron chi connectivity index (χ4n) is 6.09. The van der Waals surface area contributed by atoms with Crippen LogP contribution in [-0.4, -0.2) is 27.8 Å². The van der Waals surface area contributed by atoms with Crippen LogP contribution in [0, 0.1) is 20.8 Å². The Morgan fingerprint density at radius 2 is 1.78 bits per heavy atom. The molecule has 6 rings (SSSR count). The zero-order valence-electron chi connectivity index (χ0n) is 22.6. The third-order valence-electron chi connectivity index (χ3n) is 7.79. The number of alkyl halides is 3. The van der Waals surface area contributed by atoms with Gasteiger partial charge in [-0.05, 0) is 84.3 Å². The summed E-state index contributed by atoms with van der Waals surface area (Å²) in [7, 11) is 0. The van der Waals surface area contributed by atoms with Crippen molar-refractivity contribution in [2.24, 2.45) is 0 Å². The van der Waals surface area contributed by atoms with Crippen LogP contribution in [-0.2, 0) is 17.4 Å². The lowest BCUT2D eigenvalue weighted by Crippen LogP contribution is -2.11. The SMILES string of the molecule is Cc1nc(-c2cc(C)c(-c3c(C(F)(F)F)ccc4c3CC[C@H]4Oc3ccc4c(c3)OCC4CC(=O)O)c(C)c2)no1. The lowest BCUT2D eigenvalue weighted by Gasteiger charge is -2.22. The maximum Gasteiger partial charge on any atom is 0.417 e. The number of carbonyl (C=O) groups is 1. The molecule has 1 aliphatic carbocycles. The molecule has 0 radical (unpaired) electrons. The van der Waals surface area contributed by atoms with Crippen molar-refractivity contribution in [3.05, 3.63) is 81.7 Å². The lowest BCUT2D eigenvalue weighted by atomic mass is 9.85. The predicted molar refractivity (Wildman–Crippen MR) is 143 cm³/mol. The second-order valence-electron chi connectivity index (χ2n) is 10.6. The standard InChI is InChI=1S/C31H27F3N2O5/c1-15-10-18(30-35-17(3)41-36-30)11-16(2)28(15)29-23-7-9-25(22(23)6-8-24(29)31(32,33)34)40-20-4-5-21-19(12-27(37)38)14-39-26(21)13-20/h4-6,8,10-11,13,19,25H,7,9,12,14H2,1-3H3,(H,37,38)/t19?,25-/m1/s1. The van der Waals surface area contributed by atoms with Crippen molar-refractivity contribution >= 4 is 5.97 Å². The minimum absolute atomic E-state index is 0.0257. The van der Waals surface area contributed by atoms with Crippen LogP contribution in [0.2, 0.25) is 0 Å². The number of halogens is 3. The Hall–Kier alpha value is -4.34. The van der Waals surface area contributed by atoms with E-state index >= 15 is 0 Å². The molecule has 0 amide bonds. The maximum atomic E-state index is 14.4. The summed E-state index contributed by atoms with van der Waals surface area (Å²) in [5, 5.41) is 13.1. The highest BCUT2D eigenvalue weighted by atomic mass is 19.4. The van der Waals surface area contributed by atoms with E-state index in [0.717, 1.165) is 17.2 Å². The molecule has 0 fully saturated rings. The van der Waals surface area contributed by atoms with Crippen molar-refractivity contribution in [3.8, 4) is 34.0 Å². The minimum atomic E-state index is -4.55. The van der Waals surface area contributed by atoms with Crippen molar-refractivity contribution in [2.45, 2.75) is 58.2 Å². The number of benzene rings is 3. The average molecular weight is 565 g/mol. The molecule has 1 aromatic heterocycles. The van der Waals surface area contributed by atoms with Gasteiger partial charge in [0.05, 0.1) is 18.6 Å². The van der Waals surface area contributed by atoms with Crippen LogP contribution in [0.1, 0.15) is 64.1 Å². The highest BCUT2D eigenvalue weighted by Gasteiger charge is 2.39. The Kier molecular flexibility index (Phi) is 6.51. The first-order chi connectivity index (χ1) is 19.5. The molecule has 0 bridgehead atoms. The predicted octanol–water partition coefficient (Wildman–Crippen LogP) is 7.36. The van der Waals surface area contributed by atoms with E-state index in [1.54, 1.807) is 51.1 Å². The van der Waals surface area contributed by atoms with Crippen molar-refractivity contribution in [2.75, 3.05) is 6.61 Å². The number of rotatable bonds is 6. The quantitative estimate of drug-likeness (QED) is 0.261. The highest BCUT2D eigenvalue weighted by molar-refractivity contribution is 5.81. The Bertz CT molecular complexity index is 1650. The molecule has 1 aliphatic heterocycles. The van der Waals surface area contributed by atoms with Gasteiger partial charge in [0, 0.05) is 30.0 Å². The zero-order chi connectivity index (χ0) is 29.1. The number of hydrogen-bond acceptors (Lipinski definition) is 6. The van der Waals surface area contributed by atoms with Crippen LogP contribution in [0.25, 0.3) is 22.5 Å². The van der Waals surface area contributed by atoms with Gasteiger partial charge in [0.25, 0.3) is 0 Å². The topological polar surface area (TPSA) is 94.7 Å². The second-order valence-corrected chi connectivity index (χ2v) is 10.6. The van der Waals surface area contributed by atoms with E-state index < -0.39 is 23.8 Å². The number of hydrogen-bond donors (Lipinski definition) is 1. The Labute approximate surface area is 233 Å². The van der Waals surface area contributed by atoms with Crippen LogP contribution in [0.5, 0.6) is 11.5 Å². The molecule has 0 spiro atoms. The number of fused-ring (bicyclic) bond motifs is 2. The molecule has 41 heavy (non-hydrogen) atoms. The smallest absolute Gasteiger partial charge is 0.417 e. The summed E-state index contributed by atoms with van der Waals surface area (Å²) in [6, 6.07) is 11.5. The first kappa shape index (κ1) is 26.9. The molecule has 2 heterocycles. The van der Waals surface area contributed by atoms with Gasteiger partial charge in [-0.2, -0.15) is 18.2 Å². The van der Waals surface area contributed by atoms with Crippen molar-refractivity contribution in [1.82, 2.24) is 10.1 Å². The normalized spacial score (nSPS) is 17.7. The summed E-state index contributed by atoms with van der Waals surface area (Å²) in [4.78, 5) is 15.4. The third-order valence-corrected chi connectivity index (χ3v) is 7.79. The number of carboxylic acids is 1. The van der Waals surface area contributed by atoms with Gasteiger partial charge in [-0.3, -0.25) is 4.79 Å². The van der Waals surface area contributed by atoms with Crippen molar-refractivity contribution < 1.29 is 37.1 Å². The van der Waals surface area contributed by atoms with Crippen LogP contribution in [0.15, 0.2) is 47.0 Å². The van der Waals surface area contributed by atoms with E-state index in [4.69, 9.17) is 19.1 Å². The molecule has 1 unspecified atom stereocenters. The zero-order valence-corrected chi connectivity index (χ0v) is 22.6. The summed E-state index contributed by atoms with van der Waals surface area (Å²) in [6.45, 7) is 5.55. The second kappa shape index (κ2) is 9.94. The monoisotopic (exact) mass is 564 g/mol. The van der Waals surface area contributed by atoms with Crippen LogP contribution < -0.4 is 9.47 Å². The fourth-order valence-corrected chi connectivity index (χ4v) is 6.09. The number of ether oxygens (including phenoxy) is 2. The Morgan fingerprint density at radius 1 is 1.05 bits per heavy atom. The lowest BCUT2D eigenvalue weighted by molar-refractivity contribution is -0.138. The van der Waals surface area contributed by atoms with E-state index in [2.05, 4.69) is 10.1 Å².